The van der Waals surface area contributed by atoms with E-state index >= 15 is 0 Å². The van der Waals surface area contributed by atoms with E-state index in [-0.39, 0.29) is 0 Å². The molecule has 3 N–H and O–H groups in total. The van der Waals surface area contributed by atoms with Crippen LogP contribution in [-0.4, -0.2) is 16.7 Å². The molecule has 4 nitrogen and oxygen atoms in total. The van der Waals surface area contributed by atoms with Crippen molar-refractivity contribution in [3.63, 3.8) is 0 Å². The highest BCUT2D eigenvalue weighted by molar-refractivity contribution is 7.13. The Morgan fingerprint density at radius 3 is 2.75 bits per heavy atom. The summed E-state index contributed by atoms with van der Waals surface area (Å²) in [5, 5.41) is 6.15. The van der Waals surface area contributed by atoms with Crippen molar-refractivity contribution in [1.29, 1.82) is 0 Å². The fourth-order valence-corrected chi connectivity index (χ4v) is 3.11. The average Bonchev–Trinajstić information content (AvgIpc) is 3.27. The van der Waals surface area contributed by atoms with Crippen molar-refractivity contribution < 1.29 is 10.3 Å². The molecule has 0 atom stereocenters. The fourth-order valence-electron chi connectivity index (χ4n) is 2.46. The van der Waals surface area contributed by atoms with Crippen LogP contribution in [0.3, 0.4) is 0 Å². The van der Waals surface area contributed by atoms with Crippen molar-refractivity contribution in [1.82, 2.24) is 10.1 Å². The zero-order valence-electron chi connectivity index (χ0n) is 13.9. The van der Waals surface area contributed by atoms with E-state index in [1.54, 1.807) is 11.3 Å². The van der Waals surface area contributed by atoms with Crippen LogP contribution < -0.4 is 5.73 Å². The second-order valence-electron chi connectivity index (χ2n) is 5.79. The number of aryl methyl sites for hydroxylation is 1. The molecule has 0 spiro atoms. The van der Waals surface area contributed by atoms with Gasteiger partial charge in [0.2, 0.25) is 5.82 Å². The number of aromatic nitrogens is 2. The topological polar surface area (TPSA) is 66.6 Å². The van der Waals surface area contributed by atoms with Gasteiger partial charge < -0.3 is 10.3 Å². The van der Waals surface area contributed by atoms with Crippen LogP contribution in [0.2, 0.25) is 0 Å². The monoisotopic (exact) mass is 340 g/mol. The molecule has 0 fully saturated rings. The SMILES string of the molecule is Cc1ccc(/C=C(\CCCC[NH3+])c2nc(-c3cccs3)no2)cc1. The molecule has 2 heterocycles. The lowest BCUT2D eigenvalue weighted by Gasteiger charge is -2.03. The summed E-state index contributed by atoms with van der Waals surface area (Å²) in [6, 6.07) is 12.5. The quantitative estimate of drug-likeness (QED) is 0.660. The molecule has 124 valence electrons. The molecule has 0 saturated carbocycles. The van der Waals surface area contributed by atoms with Crippen LogP contribution >= 0.6 is 11.3 Å². The minimum Gasteiger partial charge on any atom is -0.358 e. The summed E-state index contributed by atoms with van der Waals surface area (Å²) in [7, 11) is 0. The van der Waals surface area contributed by atoms with Gasteiger partial charge in [-0.05, 0) is 49.3 Å². The summed E-state index contributed by atoms with van der Waals surface area (Å²) in [5.41, 5.74) is 7.41. The molecule has 0 aliphatic rings. The summed E-state index contributed by atoms with van der Waals surface area (Å²) >= 11 is 1.62. The van der Waals surface area contributed by atoms with Crippen molar-refractivity contribution in [2.45, 2.75) is 26.2 Å². The molecule has 3 rings (SSSR count). The maximum Gasteiger partial charge on any atom is 0.254 e. The average molecular weight is 340 g/mol. The fraction of sp³-hybridized carbons (Fsp3) is 0.263. The molecule has 3 aromatic rings. The van der Waals surface area contributed by atoms with Crippen LogP contribution in [0.25, 0.3) is 22.4 Å². The van der Waals surface area contributed by atoms with Crippen LogP contribution in [-0.2, 0) is 0 Å². The zero-order valence-corrected chi connectivity index (χ0v) is 14.7. The number of hydrogen-bond acceptors (Lipinski definition) is 4. The van der Waals surface area contributed by atoms with Crippen LogP contribution in [0.5, 0.6) is 0 Å². The first-order chi connectivity index (χ1) is 11.8. The summed E-state index contributed by atoms with van der Waals surface area (Å²) in [6.45, 7) is 3.04. The van der Waals surface area contributed by atoms with Gasteiger partial charge in [0.15, 0.2) is 0 Å². The van der Waals surface area contributed by atoms with E-state index in [1.807, 2.05) is 17.5 Å². The molecule has 2 aromatic heterocycles. The van der Waals surface area contributed by atoms with Gasteiger partial charge in [0.05, 0.1) is 11.4 Å². The highest BCUT2D eigenvalue weighted by Gasteiger charge is 2.13. The normalized spacial score (nSPS) is 11.8. The Bertz CT molecular complexity index is 788. The van der Waals surface area contributed by atoms with Gasteiger partial charge in [-0.2, -0.15) is 4.98 Å². The van der Waals surface area contributed by atoms with Gasteiger partial charge in [-0.15, -0.1) is 11.3 Å². The third-order valence-corrected chi connectivity index (χ3v) is 4.67. The number of benzene rings is 1. The van der Waals surface area contributed by atoms with Crippen molar-refractivity contribution in [3.05, 3.63) is 58.8 Å². The van der Waals surface area contributed by atoms with Gasteiger partial charge in [0.1, 0.15) is 0 Å². The molecule has 0 bridgehead atoms. The van der Waals surface area contributed by atoms with E-state index in [0.29, 0.717) is 11.7 Å². The van der Waals surface area contributed by atoms with Gasteiger partial charge in [-0.1, -0.05) is 41.1 Å². The van der Waals surface area contributed by atoms with E-state index < -0.39 is 0 Å². The lowest BCUT2D eigenvalue weighted by atomic mass is 10.0. The number of allylic oxidation sites excluding steroid dienone is 1. The van der Waals surface area contributed by atoms with Crippen LogP contribution in [0.1, 0.15) is 36.3 Å². The largest absolute Gasteiger partial charge is 0.358 e. The van der Waals surface area contributed by atoms with Crippen molar-refractivity contribution in [2.75, 3.05) is 6.54 Å². The Hall–Kier alpha value is -2.24. The number of quaternary nitrogens is 1. The summed E-state index contributed by atoms with van der Waals surface area (Å²) in [4.78, 5) is 5.62. The molecule has 0 amide bonds. The summed E-state index contributed by atoms with van der Waals surface area (Å²) in [5.74, 6) is 1.27. The predicted octanol–water partition coefficient (Wildman–Crippen LogP) is 4.06. The minimum absolute atomic E-state index is 0.614. The van der Waals surface area contributed by atoms with Crippen molar-refractivity contribution in [2.24, 2.45) is 0 Å². The molecule has 24 heavy (non-hydrogen) atoms. The number of hydrogen-bond donors (Lipinski definition) is 1. The minimum atomic E-state index is 0.614. The number of rotatable bonds is 7. The highest BCUT2D eigenvalue weighted by atomic mass is 32.1. The van der Waals surface area contributed by atoms with E-state index in [9.17, 15) is 0 Å². The predicted molar refractivity (Wildman–Crippen MR) is 98.3 cm³/mol. The Morgan fingerprint density at radius 1 is 1.21 bits per heavy atom. The molecular weight excluding hydrogens is 318 g/mol. The van der Waals surface area contributed by atoms with Crippen molar-refractivity contribution in [3.8, 4) is 10.7 Å². The van der Waals surface area contributed by atoms with Crippen LogP contribution in [0.4, 0.5) is 0 Å². The molecule has 0 aliphatic heterocycles. The van der Waals surface area contributed by atoms with Crippen molar-refractivity contribution >= 4 is 23.0 Å². The molecular formula is C19H22N3OS+. The second kappa shape index (κ2) is 8.04. The van der Waals surface area contributed by atoms with Gasteiger partial charge >= 0.3 is 0 Å². The van der Waals surface area contributed by atoms with Gasteiger partial charge in [-0.25, -0.2) is 0 Å². The first-order valence-electron chi connectivity index (χ1n) is 8.20. The second-order valence-corrected chi connectivity index (χ2v) is 6.74. The molecule has 0 unspecified atom stereocenters. The smallest absolute Gasteiger partial charge is 0.254 e. The third-order valence-electron chi connectivity index (χ3n) is 3.81. The molecule has 0 saturated heterocycles. The van der Waals surface area contributed by atoms with Crippen LogP contribution in [0.15, 0.2) is 46.3 Å². The summed E-state index contributed by atoms with van der Waals surface area (Å²) < 4.78 is 5.54. The lowest BCUT2D eigenvalue weighted by molar-refractivity contribution is -0.368. The Kier molecular flexibility index (Phi) is 5.56. The molecule has 0 aliphatic carbocycles. The maximum atomic E-state index is 5.54. The Labute approximate surface area is 146 Å². The highest BCUT2D eigenvalue weighted by Crippen LogP contribution is 2.27. The van der Waals surface area contributed by atoms with E-state index in [0.717, 1.165) is 41.8 Å². The first-order valence-corrected chi connectivity index (χ1v) is 9.08. The maximum absolute atomic E-state index is 5.54. The Balaban J connectivity index is 1.88. The zero-order chi connectivity index (χ0) is 16.8. The number of nitrogens with zero attached hydrogens (tertiary/aromatic N) is 2. The third kappa shape index (κ3) is 4.19. The number of unbranched alkanes of at least 4 members (excludes halogenated alkanes) is 1. The molecule has 0 radical (unpaired) electrons. The standard InChI is InChI=1S/C19H21N3OS/c1-14-7-9-15(10-8-14)13-16(5-2-3-11-20)19-21-18(22-23-19)17-6-4-12-24-17/h4,6-10,12-13H,2-3,5,11,20H2,1H3/p+1/b16-13+. The van der Waals surface area contributed by atoms with Gasteiger partial charge in [-0.3, -0.25) is 0 Å². The number of thiophene rings is 1. The molecule has 5 heteroatoms. The Morgan fingerprint density at radius 2 is 2.04 bits per heavy atom. The van der Waals surface area contributed by atoms with Crippen LogP contribution in [0, 0.1) is 6.92 Å². The van der Waals surface area contributed by atoms with Gasteiger partial charge in [0.25, 0.3) is 5.89 Å². The van der Waals surface area contributed by atoms with E-state index in [4.69, 9.17) is 4.52 Å². The van der Waals surface area contributed by atoms with E-state index in [2.05, 4.69) is 53.1 Å². The lowest BCUT2D eigenvalue weighted by Crippen LogP contribution is -2.50. The van der Waals surface area contributed by atoms with Gasteiger partial charge in [0, 0.05) is 5.57 Å². The molecule has 1 aromatic carbocycles. The first kappa shape index (κ1) is 16.6. The van der Waals surface area contributed by atoms with E-state index in [1.165, 1.54) is 5.56 Å². The summed E-state index contributed by atoms with van der Waals surface area (Å²) in [6.07, 6.45) is 5.22.